The molecular weight excluding hydrogens is 391 g/mol. The van der Waals surface area contributed by atoms with E-state index in [2.05, 4.69) is 4.98 Å². The van der Waals surface area contributed by atoms with Gasteiger partial charge in [-0.3, -0.25) is 4.57 Å². The van der Waals surface area contributed by atoms with Gasteiger partial charge in [0, 0.05) is 17.5 Å². The second kappa shape index (κ2) is 6.41. The minimum absolute atomic E-state index is 0.244. The van der Waals surface area contributed by atoms with Crippen LogP contribution >= 0.6 is 34.8 Å². The fraction of sp³-hybridized carbons (Fsp3) is 0.0625. The van der Waals surface area contributed by atoms with Gasteiger partial charge in [0.1, 0.15) is 6.33 Å². The number of nitrogens with zero attached hydrogens (tertiary/aromatic N) is 2. The highest BCUT2D eigenvalue weighted by Crippen LogP contribution is 2.33. The Morgan fingerprint density at radius 3 is 2.21 bits per heavy atom. The van der Waals surface area contributed by atoms with Gasteiger partial charge in [-0.15, -0.1) is 0 Å². The largest absolute Gasteiger partial charge is 0.297 e. The Kier molecular flexibility index (Phi) is 4.62. The molecule has 0 saturated carbocycles. The summed E-state index contributed by atoms with van der Waals surface area (Å²) in [5.74, 6) is 0. The maximum absolute atomic E-state index is 11.6. The number of aromatic nitrogens is 2. The van der Waals surface area contributed by atoms with E-state index in [1.54, 1.807) is 41.2 Å². The van der Waals surface area contributed by atoms with Crippen LogP contribution in [0.3, 0.4) is 0 Å². The van der Waals surface area contributed by atoms with Crippen molar-refractivity contribution >= 4 is 44.6 Å². The van der Waals surface area contributed by atoms with Crippen LogP contribution in [0.2, 0.25) is 15.2 Å². The minimum atomic E-state index is -3.25. The first-order valence-electron chi connectivity index (χ1n) is 6.76. The summed E-state index contributed by atoms with van der Waals surface area (Å²) in [6.07, 6.45) is 2.73. The second-order valence-corrected chi connectivity index (χ2v) is 8.34. The Morgan fingerprint density at radius 2 is 1.62 bits per heavy atom. The molecule has 2 aromatic carbocycles. The van der Waals surface area contributed by atoms with Gasteiger partial charge in [0.25, 0.3) is 0 Å². The summed E-state index contributed by atoms with van der Waals surface area (Å²) in [5.41, 5.74) is 2.12. The Labute approximate surface area is 154 Å². The molecule has 0 saturated heterocycles. The zero-order valence-corrected chi connectivity index (χ0v) is 15.5. The van der Waals surface area contributed by atoms with E-state index in [1.807, 2.05) is 0 Å². The van der Waals surface area contributed by atoms with E-state index >= 15 is 0 Å². The summed E-state index contributed by atoms with van der Waals surface area (Å²) in [5, 5.41) is 1.16. The Hall–Kier alpha value is -1.53. The third kappa shape index (κ3) is 3.30. The van der Waals surface area contributed by atoms with Crippen LogP contribution < -0.4 is 0 Å². The lowest BCUT2D eigenvalue weighted by Gasteiger charge is -2.10. The van der Waals surface area contributed by atoms with Crippen molar-refractivity contribution in [2.45, 2.75) is 4.90 Å². The molecule has 0 atom stereocenters. The molecule has 0 radical (unpaired) electrons. The number of halogens is 3. The molecule has 0 spiro atoms. The predicted molar refractivity (Wildman–Crippen MR) is 97.1 cm³/mol. The molecule has 3 rings (SSSR count). The summed E-state index contributed by atoms with van der Waals surface area (Å²) >= 11 is 18.3. The smallest absolute Gasteiger partial charge is 0.175 e. The van der Waals surface area contributed by atoms with E-state index in [-0.39, 0.29) is 4.90 Å². The topological polar surface area (TPSA) is 52.0 Å². The van der Waals surface area contributed by atoms with Crippen LogP contribution in [0.1, 0.15) is 0 Å². The van der Waals surface area contributed by atoms with Crippen LogP contribution in [0.25, 0.3) is 16.9 Å². The molecule has 124 valence electrons. The highest BCUT2D eigenvalue weighted by atomic mass is 35.5. The zero-order chi connectivity index (χ0) is 17.5. The molecular formula is C16H11Cl3N2O2S. The monoisotopic (exact) mass is 400 g/mol. The molecule has 1 heterocycles. The number of rotatable bonds is 3. The molecule has 0 aliphatic rings. The van der Waals surface area contributed by atoms with Gasteiger partial charge in [0.2, 0.25) is 0 Å². The van der Waals surface area contributed by atoms with Gasteiger partial charge in [-0.2, -0.15) is 0 Å². The average Bonchev–Trinajstić information content (AvgIpc) is 2.91. The van der Waals surface area contributed by atoms with Crippen molar-refractivity contribution in [1.29, 1.82) is 0 Å². The Balaban J connectivity index is 2.12. The lowest BCUT2D eigenvalue weighted by molar-refractivity contribution is 0.602. The predicted octanol–water partition coefficient (Wildman–Crippen LogP) is 4.90. The summed E-state index contributed by atoms with van der Waals surface area (Å²) in [4.78, 5) is 4.37. The summed E-state index contributed by atoms with van der Waals surface area (Å²) in [7, 11) is -3.25. The van der Waals surface area contributed by atoms with E-state index in [9.17, 15) is 8.42 Å². The van der Waals surface area contributed by atoms with Gasteiger partial charge in [-0.05, 0) is 36.4 Å². The van der Waals surface area contributed by atoms with Crippen molar-refractivity contribution < 1.29 is 8.42 Å². The molecule has 3 aromatic rings. The molecule has 0 N–H and O–H groups in total. The summed E-state index contributed by atoms with van der Waals surface area (Å²) in [6, 6.07) is 11.6. The maximum Gasteiger partial charge on any atom is 0.175 e. The Bertz CT molecular complexity index is 1010. The third-order valence-corrected chi connectivity index (χ3v) is 5.60. The van der Waals surface area contributed by atoms with E-state index in [4.69, 9.17) is 34.8 Å². The number of benzene rings is 2. The van der Waals surface area contributed by atoms with Crippen LogP contribution in [0.4, 0.5) is 0 Å². The lowest BCUT2D eigenvalue weighted by Crippen LogP contribution is -1.99. The highest BCUT2D eigenvalue weighted by Gasteiger charge is 2.15. The van der Waals surface area contributed by atoms with Crippen LogP contribution in [-0.4, -0.2) is 24.2 Å². The fourth-order valence-corrected chi connectivity index (χ4v) is 3.45. The molecule has 0 unspecified atom stereocenters. The van der Waals surface area contributed by atoms with Crippen LogP contribution in [0, 0.1) is 0 Å². The molecule has 1 aromatic heterocycles. The van der Waals surface area contributed by atoms with Crippen molar-refractivity contribution in [2.24, 2.45) is 0 Å². The zero-order valence-electron chi connectivity index (χ0n) is 12.4. The molecule has 0 aliphatic carbocycles. The van der Waals surface area contributed by atoms with Gasteiger partial charge >= 0.3 is 0 Å². The van der Waals surface area contributed by atoms with E-state index in [1.165, 1.54) is 12.1 Å². The molecule has 8 heteroatoms. The SMILES string of the molecule is CS(=O)(=O)c1ccc(-n2cnc(Cl)c2-c2ccc(Cl)c(Cl)c2)cc1. The van der Waals surface area contributed by atoms with Crippen LogP contribution in [0.5, 0.6) is 0 Å². The standard InChI is InChI=1S/C16H11Cl3N2O2S/c1-24(22,23)12-5-3-11(4-6-12)21-9-20-16(19)15(21)10-2-7-13(17)14(18)8-10/h2-9H,1H3. The molecule has 0 amide bonds. The molecule has 4 nitrogen and oxygen atoms in total. The van der Waals surface area contributed by atoms with Crippen molar-refractivity contribution in [1.82, 2.24) is 9.55 Å². The molecule has 0 bridgehead atoms. The van der Waals surface area contributed by atoms with E-state index in [0.29, 0.717) is 20.9 Å². The molecule has 24 heavy (non-hydrogen) atoms. The van der Waals surface area contributed by atoms with Crippen molar-refractivity contribution in [3.8, 4) is 16.9 Å². The first kappa shape index (κ1) is 17.3. The van der Waals surface area contributed by atoms with Gasteiger partial charge in [0.05, 0.1) is 20.6 Å². The average molecular weight is 402 g/mol. The number of hydrogen-bond donors (Lipinski definition) is 0. The van der Waals surface area contributed by atoms with Gasteiger partial charge in [-0.25, -0.2) is 13.4 Å². The molecule has 0 aliphatic heterocycles. The second-order valence-electron chi connectivity index (χ2n) is 5.15. The number of sulfone groups is 1. The van der Waals surface area contributed by atoms with Crippen molar-refractivity contribution in [3.05, 3.63) is 64.0 Å². The first-order valence-corrected chi connectivity index (χ1v) is 9.78. The van der Waals surface area contributed by atoms with Crippen LogP contribution in [-0.2, 0) is 9.84 Å². The van der Waals surface area contributed by atoms with Gasteiger partial charge in [-0.1, -0.05) is 40.9 Å². The quantitative estimate of drug-likeness (QED) is 0.627. The third-order valence-electron chi connectivity index (χ3n) is 3.46. The van der Waals surface area contributed by atoms with E-state index in [0.717, 1.165) is 17.5 Å². The highest BCUT2D eigenvalue weighted by molar-refractivity contribution is 7.90. The lowest BCUT2D eigenvalue weighted by atomic mass is 10.1. The minimum Gasteiger partial charge on any atom is -0.297 e. The number of hydrogen-bond acceptors (Lipinski definition) is 3. The summed E-state index contributed by atoms with van der Waals surface area (Å²) in [6.45, 7) is 0. The van der Waals surface area contributed by atoms with Crippen molar-refractivity contribution in [2.75, 3.05) is 6.26 Å². The normalized spacial score (nSPS) is 11.7. The van der Waals surface area contributed by atoms with Crippen molar-refractivity contribution in [3.63, 3.8) is 0 Å². The fourth-order valence-electron chi connectivity index (χ4n) is 2.28. The van der Waals surface area contributed by atoms with E-state index < -0.39 is 9.84 Å². The maximum atomic E-state index is 11.6. The van der Waals surface area contributed by atoms with Gasteiger partial charge in [0.15, 0.2) is 15.0 Å². The Morgan fingerprint density at radius 1 is 0.958 bits per heavy atom. The number of imidazole rings is 1. The van der Waals surface area contributed by atoms with Crippen LogP contribution in [0.15, 0.2) is 53.7 Å². The molecule has 0 fully saturated rings. The van der Waals surface area contributed by atoms with Gasteiger partial charge < -0.3 is 0 Å². The summed E-state index contributed by atoms with van der Waals surface area (Å²) < 4.78 is 24.9. The first-order chi connectivity index (χ1) is 11.3.